The van der Waals surface area contributed by atoms with Gasteiger partial charge in [0, 0.05) is 6.08 Å². The van der Waals surface area contributed by atoms with Gasteiger partial charge in [0.25, 0.3) is 0 Å². The van der Waals surface area contributed by atoms with E-state index in [0.717, 1.165) is 16.8 Å². The third-order valence-corrected chi connectivity index (χ3v) is 2.59. The number of hydrogen-bond acceptors (Lipinski definition) is 2. The van der Waals surface area contributed by atoms with Crippen molar-refractivity contribution in [3.8, 4) is 0 Å². The molecule has 0 saturated carbocycles. The highest BCUT2D eigenvalue weighted by Crippen LogP contribution is 2.24. The Hall–Kier alpha value is -2.62. The van der Waals surface area contributed by atoms with Crippen molar-refractivity contribution in [1.82, 2.24) is 0 Å². The molecule has 0 fully saturated rings. The number of carbonyl (C=O) groups is 2. The van der Waals surface area contributed by atoms with Gasteiger partial charge in [0.1, 0.15) is 0 Å². The van der Waals surface area contributed by atoms with E-state index < -0.39 is 11.9 Å². The molecule has 2 N–H and O–H groups in total. The van der Waals surface area contributed by atoms with E-state index in [1.807, 2.05) is 12.1 Å². The molecular formula is C14H10O4. The summed E-state index contributed by atoms with van der Waals surface area (Å²) in [6.45, 7) is 0. The maximum absolute atomic E-state index is 11.1. The van der Waals surface area contributed by atoms with Crippen LogP contribution in [-0.2, 0) is 4.79 Å². The molecule has 4 nitrogen and oxygen atoms in total. The van der Waals surface area contributed by atoms with Crippen molar-refractivity contribution >= 4 is 28.8 Å². The number of hydrogen-bond donors (Lipinski definition) is 2. The first-order valence-corrected chi connectivity index (χ1v) is 5.25. The van der Waals surface area contributed by atoms with Gasteiger partial charge in [-0.3, -0.25) is 0 Å². The zero-order chi connectivity index (χ0) is 13.1. The zero-order valence-electron chi connectivity index (χ0n) is 9.33. The summed E-state index contributed by atoms with van der Waals surface area (Å²) in [7, 11) is 0. The van der Waals surface area contributed by atoms with E-state index >= 15 is 0 Å². The van der Waals surface area contributed by atoms with Crippen molar-refractivity contribution in [2.75, 3.05) is 0 Å². The topological polar surface area (TPSA) is 74.6 Å². The van der Waals surface area contributed by atoms with Crippen molar-refractivity contribution in [3.63, 3.8) is 0 Å². The van der Waals surface area contributed by atoms with Gasteiger partial charge < -0.3 is 10.2 Å². The summed E-state index contributed by atoms with van der Waals surface area (Å²) >= 11 is 0. The molecule has 0 amide bonds. The first-order valence-electron chi connectivity index (χ1n) is 5.25. The monoisotopic (exact) mass is 242 g/mol. The lowest BCUT2D eigenvalue weighted by atomic mass is 9.98. The molecule has 90 valence electrons. The second-order valence-electron chi connectivity index (χ2n) is 3.72. The highest BCUT2D eigenvalue weighted by atomic mass is 16.4. The number of carboxylic acid groups (broad SMARTS) is 2. The Morgan fingerprint density at radius 3 is 2.39 bits per heavy atom. The lowest BCUT2D eigenvalue weighted by Crippen LogP contribution is -2.00. The Morgan fingerprint density at radius 1 is 1.00 bits per heavy atom. The van der Waals surface area contributed by atoms with Gasteiger partial charge >= 0.3 is 11.9 Å². The van der Waals surface area contributed by atoms with Crippen LogP contribution in [0.5, 0.6) is 0 Å². The molecule has 2 aromatic rings. The smallest absolute Gasteiger partial charge is 0.336 e. The normalized spacial score (nSPS) is 10.9. The van der Waals surface area contributed by atoms with Crippen LogP contribution in [0.3, 0.4) is 0 Å². The number of aliphatic carboxylic acids is 1. The Morgan fingerprint density at radius 2 is 1.72 bits per heavy atom. The van der Waals surface area contributed by atoms with Gasteiger partial charge in [-0.15, -0.1) is 0 Å². The third kappa shape index (κ3) is 2.22. The quantitative estimate of drug-likeness (QED) is 0.811. The molecule has 0 heterocycles. The lowest BCUT2D eigenvalue weighted by molar-refractivity contribution is -0.131. The van der Waals surface area contributed by atoms with Crippen LogP contribution in [0.2, 0.25) is 0 Å². The molecule has 0 unspecified atom stereocenters. The van der Waals surface area contributed by atoms with Gasteiger partial charge in [-0.25, -0.2) is 9.59 Å². The van der Waals surface area contributed by atoms with Crippen LogP contribution in [0.15, 0.2) is 42.5 Å². The average molecular weight is 242 g/mol. The summed E-state index contributed by atoms with van der Waals surface area (Å²) in [5, 5.41) is 19.3. The summed E-state index contributed by atoms with van der Waals surface area (Å²) in [5.74, 6) is -2.19. The number of benzene rings is 2. The molecule has 0 aliphatic carbocycles. The van der Waals surface area contributed by atoms with Gasteiger partial charge in [0.05, 0.1) is 5.56 Å². The average Bonchev–Trinajstić information content (AvgIpc) is 2.35. The molecule has 0 aromatic heterocycles. The summed E-state index contributed by atoms with van der Waals surface area (Å²) in [5.41, 5.74) is 0.495. The van der Waals surface area contributed by atoms with Crippen LogP contribution in [0.4, 0.5) is 0 Å². The minimum absolute atomic E-state index is 0.0891. The minimum atomic E-state index is -1.11. The van der Waals surface area contributed by atoms with Crippen LogP contribution >= 0.6 is 0 Å². The van der Waals surface area contributed by atoms with E-state index in [2.05, 4.69) is 0 Å². The minimum Gasteiger partial charge on any atom is -0.478 e. The Labute approximate surface area is 103 Å². The SMILES string of the molecule is O=C(O)/C=C/c1c(C(=O)O)ccc2ccccc12. The van der Waals surface area contributed by atoms with E-state index in [0.29, 0.717) is 5.56 Å². The molecule has 4 heteroatoms. The largest absolute Gasteiger partial charge is 0.478 e. The van der Waals surface area contributed by atoms with E-state index in [-0.39, 0.29) is 5.56 Å². The van der Waals surface area contributed by atoms with Crippen LogP contribution in [0.25, 0.3) is 16.8 Å². The van der Waals surface area contributed by atoms with E-state index in [9.17, 15) is 9.59 Å². The molecule has 2 aromatic carbocycles. The number of rotatable bonds is 3. The molecule has 0 atom stereocenters. The van der Waals surface area contributed by atoms with E-state index in [4.69, 9.17) is 10.2 Å². The Balaban J connectivity index is 2.74. The fourth-order valence-corrected chi connectivity index (χ4v) is 1.82. The summed E-state index contributed by atoms with van der Waals surface area (Å²) in [6.07, 6.45) is 2.25. The highest BCUT2D eigenvalue weighted by Gasteiger charge is 2.11. The number of fused-ring (bicyclic) bond motifs is 1. The molecule has 0 spiro atoms. The molecule has 0 radical (unpaired) electrons. The molecular weight excluding hydrogens is 232 g/mol. The molecule has 0 bridgehead atoms. The molecule has 0 aliphatic rings. The summed E-state index contributed by atoms with van der Waals surface area (Å²) < 4.78 is 0. The molecule has 2 rings (SSSR count). The predicted molar refractivity (Wildman–Crippen MR) is 67.6 cm³/mol. The maximum Gasteiger partial charge on any atom is 0.336 e. The number of aromatic carboxylic acids is 1. The van der Waals surface area contributed by atoms with Crippen molar-refractivity contribution in [3.05, 3.63) is 53.6 Å². The van der Waals surface area contributed by atoms with E-state index in [1.54, 1.807) is 18.2 Å². The first-order chi connectivity index (χ1) is 8.59. The number of carboxylic acids is 2. The molecule has 18 heavy (non-hydrogen) atoms. The van der Waals surface area contributed by atoms with Crippen molar-refractivity contribution < 1.29 is 19.8 Å². The van der Waals surface area contributed by atoms with Crippen molar-refractivity contribution in [2.45, 2.75) is 0 Å². The predicted octanol–water partition coefficient (Wildman–Crippen LogP) is 2.64. The second-order valence-corrected chi connectivity index (χ2v) is 3.72. The first kappa shape index (κ1) is 11.9. The Kier molecular flexibility index (Phi) is 3.10. The van der Waals surface area contributed by atoms with Crippen LogP contribution in [0.1, 0.15) is 15.9 Å². The Bertz CT molecular complexity index is 656. The summed E-state index contributed by atoms with van der Waals surface area (Å²) in [6, 6.07) is 10.4. The van der Waals surface area contributed by atoms with Crippen LogP contribution in [0, 0.1) is 0 Å². The van der Waals surface area contributed by atoms with Crippen molar-refractivity contribution in [1.29, 1.82) is 0 Å². The van der Waals surface area contributed by atoms with Gasteiger partial charge in [0.2, 0.25) is 0 Å². The van der Waals surface area contributed by atoms with Crippen LogP contribution < -0.4 is 0 Å². The second kappa shape index (κ2) is 4.71. The van der Waals surface area contributed by atoms with E-state index in [1.165, 1.54) is 12.1 Å². The standard InChI is InChI=1S/C14H10O4/c15-13(16)8-7-11-10-4-2-1-3-9(10)5-6-12(11)14(17)18/h1-8H,(H,15,16)(H,17,18)/b8-7+. The van der Waals surface area contributed by atoms with Crippen LogP contribution in [-0.4, -0.2) is 22.2 Å². The van der Waals surface area contributed by atoms with Crippen molar-refractivity contribution in [2.24, 2.45) is 0 Å². The zero-order valence-corrected chi connectivity index (χ0v) is 9.33. The van der Waals surface area contributed by atoms with Gasteiger partial charge in [-0.2, -0.15) is 0 Å². The summed E-state index contributed by atoms with van der Waals surface area (Å²) in [4.78, 5) is 21.7. The lowest BCUT2D eigenvalue weighted by Gasteiger charge is -2.06. The fourth-order valence-electron chi connectivity index (χ4n) is 1.82. The fraction of sp³-hybridized carbons (Fsp3) is 0. The highest BCUT2D eigenvalue weighted by molar-refractivity contribution is 6.03. The van der Waals surface area contributed by atoms with Gasteiger partial charge in [-0.05, 0) is 28.5 Å². The maximum atomic E-state index is 11.1. The third-order valence-electron chi connectivity index (χ3n) is 2.59. The molecule has 0 saturated heterocycles. The molecule has 0 aliphatic heterocycles. The van der Waals surface area contributed by atoms with Gasteiger partial charge in [-0.1, -0.05) is 30.3 Å². The van der Waals surface area contributed by atoms with Gasteiger partial charge in [0.15, 0.2) is 0 Å².